The molecule has 2 aromatic rings. The van der Waals surface area contributed by atoms with Crippen LogP contribution in [0.2, 0.25) is 0 Å². The van der Waals surface area contributed by atoms with E-state index in [0.717, 1.165) is 24.8 Å². The van der Waals surface area contributed by atoms with Crippen molar-refractivity contribution in [1.82, 2.24) is 4.31 Å². The van der Waals surface area contributed by atoms with Gasteiger partial charge in [-0.15, -0.1) is 0 Å². The Bertz CT molecular complexity index is 936. The van der Waals surface area contributed by atoms with E-state index >= 15 is 0 Å². The third-order valence-corrected chi connectivity index (χ3v) is 7.01. The highest BCUT2D eigenvalue weighted by atomic mass is 32.2. The second-order valence-electron chi connectivity index (χ2n) is 7.26. The number of ether oxygens (including phenoxy) is 1. The van der Waals surface area contributed by atoms with Gasteiger partial charge in [-0.25, -0.2) is 8.42 Å². The number of nitrogens with zero attached hydrogens (tertiary/aromatic N) is 1. The zero-order chi connectivity index (χ0) is 20.9. The summed E-state index contributed by atoms with van der Waals surface area (Å²) >= 11 is 0. The van der Waals surface area contributed by atoms with Crippen LogP contribution in [0.15, 0.2) is 53.4 Å². The lowest BCUT2D eigenvalue weighted by atomic mass is 10.2. The SMILES string of the molecule is CC[C@@H](Oc1ccccc1C)C(=O)Nc1ccc(S(=O)(=O)N2CCCCC2)cc1. The Morgan fingerprint density at radius 1 is 1.07 bits per heavy atom. The molecule has 1 aliphatic rings. The Morgan fingerprint density at radius 3 is 2.34 bits per heavy atom. The van der Waals surface area contributed by atoms with Crippen LogP contribution in [0.4, 0.5) is 5.69 Å². The number of piperidine rings is 1. The van der Waals surface area contributed by atoms with Crippen molar-refractivity contribution in [3.05, 3.63) is 54.1 Å². The summed E-state index contributed by atoms with van der Waals surface area (Å²) in [5, 5.41) is 2.82. The van der Waals surface area contributed by atoms with Crippen LogP contribution >= 0.6 is 0 Å². The fraction of sp³-hybridized carbons (Fsp3) is 0.409. The second kappa shape index (κ2) is 9.41. The first kappa shape index (κ1) is 21.3. The van der Waals surface area contributed by atoms with Gasteiger partial charge in [0, 0.05) is 18.8 Å². The molecule has 156 valence electrons. The number of hydrogen-bond donors (Lipinski definition) is 1. The van der Waals surface area contributed by atoms with Gasteiger partial charge >= 0.3 is 0 Å². The van der Waals surface area contributed by atoms with Gasteiger partial charge in [-0.3, -0.25) is 4.79 Å². The quantitative estimate of drug-likeness (QED) is 0.741. The van der Waals surface area contributed by atoms with E-state index in [0.29, 0.717) is 30.9 Å². The molecular formula is C22H28N2O4S. The van der Waals surface area contributed by atoms with E-state index < -0.39 is 16.1 Å². The van der Waals surface area contributed by atoms with Gasteiger partial charge in [-0.1, -0.05) is 31.5 Å². The van der Waals surface area contributed by atoms with Crippen molar-refractivity contribution in [3.8, 4) is 5.75 Å². The van der Waals surface area contributed by atoms with Crippen molar-refractivity contribution in [1.29, 1.82) is 0 Å². The molecule has 0 saturated carbocycles. The molecule has 6 nitrogen and oxygen atoms in total. The molecule has 7 heteroatoms. The summed E-state index contributed by atoms with van der Waals surface area (Å²) in [7, 11) is -3.48. The molecule has 0 bridgehead atoms. The number of nitrogens with one attached hydrogen (secondary N) is 1. The Balaban J connectivity index is 1.66. The molecule has 0 radical (unpaired) electrons. The van der Waals surface area contributed by atoms with Crippen LogP contribution in [0.5, 0.6) is 5.75 Å². The normalized spacial score (nSPS) is 16.2. The minimum Gasteiger partial charge on any atom is -0.480 e. The van der Waals surface area contributed by atoms with Gasteiger partial charge in [0.25, 0.3) is 5.91 Å². The number of benzene rings is 2. The molecule has 1 aliphatic heterocycles. The molecule has 1 N–H and O–H groups in total. The molecule has 1 amide bonds. The average Bonchev–Trinajstić information content (AvgIpc) is 2.74. The molecule has 0 unspecified atom stereocenters. The van der Waals surface area contributed by atoms with Crippen LogP contribution in [-0.2, 0) is 14.8 Å². The van der Waals surface area contributed by atoms with E-state index in [1.807, 2.05) is 38.1 Å². The molecule has 1 saturated heterocycles. The maximum atomic E-state index is 12.7. The molecule has 3 rings (SSSR count). The predicted molar refractivity (Wildman–Crippen MR) is 114 cm³/mol. The lowest BCUT2D eigenvalue weighted by Gasteiger charge is -2.26. The Labute approximate surface area is 172 Å². The molecule has 0 aromatic heterocycles. The van der Waals surface area contributed by atoms with Crippen molar-refractivity contribution in [2.45, 2.75) is 50.5 Å². The van der Waals surface area contributed by atoms with Gasteiger partial charge in [0.15, 0.2) is 6.10 Å². The molecule has 0 aliphatic carbocycles. The molecular weight excluding hydrogens is 388 g/mol. The zero-order valence-electron chi connectivity index (χ0n) is 16.9. The highest BCUT2D eigenvalue weighted by molar-refractivity contribution is 7.89. The fourth-order valence-electron chi connectivity index (χ4n) is 3.35. The van der Waals surface area contributed by atoms with Crippen LogP contribution in [0.3, 0.4) is 0 Å². The maximum absolute atomic E-state index is 12.7. The number of para-hydroxylation sites is 1. The molecule has 29 heavy (non-hydrogen) atoms. The predicted octanol–water partition coefficient (Wildman–Crippen LogP) is 3.97. The highest BCUT2D eigenvalue weighted by Crippen LogP contribution is 2.23. The van der Waals surface area contributed by atoms with Gasteiger partial charge in [-0.05, 0) is 62.1 Å². The van der Waals surface area contributed by atoms with E-state index in [2.05, 4.69) is 5.32 Å². The van der Waals surface area contributed by atoms with Crippen LogP contribution < -0.4 is 10.1 Å². The minimum absolute atomic E-state index is 0.251. The van der Waals surface area contributed by atoms with Crippen molar-refractivity contribution in [2.75, 3.05) is 18.4 Å². The topological polar surface area (TPSA) is 75.7 Å². The van der Waals surface area contributed by atoms with E-state index in [9.17, 15) is 13.2 Å². The van der Waals surface area contributed by atoms with E-state index in [-0.39, 0.29) is 10.8 Å². The average molecular weight is 417 g/mol. The monoisotopic (exact) mass is 416 g/mol. The molecule has 1 atom stereocenters. The molecule has 1 fully saturated rings. The molecule has 0 spiro atoms. The standard InChI is InChI=1S/C22H28N2O4S/c1-3-20(28-21-10-6-5-9-17(21)2)22(25)23-18-11-13-19(14-12-18)29(26,27)24-15-7-4-8-16-24/h5-6,9-14,20H,3-4,7-8,15-16H2,1-2H3,(H,23,25)/t20-/m1/s1. The van der Waals surface area contributed by atoms with Crippen molar-refractivity contribution in [2.24, 2.45) is 0 Å². The van der Waals surface area contributed by atoms with Gasteiger partial charge < -0.3 is 10.1 Å². The summed E-state index contributed by atoms with van der Waals surface area (Å²) in [4.78, 5) is 12.9. The third kappa shape index (κ3) is 5.16. The van der Waals surface area contributed by atoms with Crippen molar-refractivity contribution < 1.29 is 17.9 Å². The number of sulfonamides is 1. The van der Waals surface area contributed by atoms with Gasteiger partial charge in [0.05, 0.1) is 4.90 Å². The number of amides is 1. The lowest BCUT2D eigenvalue weighted by molar-refractivity contribution is -0.122. The summed E-state index contributed by atoms with van der Waals surface area (Å²) in [6, 6.07) is 13.9. The highest BCUT2D eigenvalue weighted by Gasteiger charge is 2.26. The van der Waals surface area contributed by atoms with E-state index in [4.69, 9.17) is 4.74 Å². The third-order valence-electron chi connectivity index (χ3n) is 5.10. The van der Waals surface area contributed by atoms with Gasteiger partial charge in [0.1, 0.15) is 5.75 Å². The second-order valence-corrected chi connectivity index (χ2v) is 9.20. The zero-order valence-corrected chi connectivity index (χ0v) is 17.7. The number of carbonyl (C=O) groups excluding carboxylic acids is 1. The maximum Gasteiger partial charge on any atom is 0.265 e. The van der Waals surface area contributed by atoms with E-state index in [1.54, 1.807) is 24.3 Å². The van der Waals surface area contributed by atoms with Crippen LogP contribution in [-0.4, -0.2) is 37.8 Å². The van der Waals surface area contributed by atoms with Crippen LogP contribution in [0.1, 0.15) is 38.2 Å². The van der Waals surface area contributed by atoms with Gasteiger partial charge in [0.2, 0.25) is 10.0 Å². The number of carbonyl (C=O) groups is 1. The van der Waals surface area contributed by atoms with Crippen LogP contribution in [0, 0.1) is 6.92 Å². The largest absolute Gasteiger partial charge is 0.480 e. The van der Waals surface area contributed by atoms with Crippen molar-refractivity contribution in [3.63, 3.8) is 0 Å². The smallest absolute Gasteiger partial charge is 0.265 e. The van der Waals surface area contributed by atoms with Crippen molar-refractivity contribution >= 4 is 21.6 Å². The van der Waals surface area contributed by atoms with Gasteiger partial charge in [-0.2, -0.15) is 4.31 Å². The molecule has 1 heterocycles. The summed E-state index contributed by atoms with van der Waals surface area (Å²) < 4.78 is 32.9. The lowest BCUT2D eigenvalue weighted by Crippen LogP contribution is -2.35. The number of hydrogen-bond acceptors (Lipinski definition) is 4. The summed E-state index contributed by atoms with van der Waals surface area (Å²) in [5.41, 5.74) is 1.51. The summed E-state index contributed by atoms with van der Waals surface area (Å²) in [6.07, 6.45) is 2.74. The number of anilines is 1. The van der Waals surface area contributed by atoms with E-state index in [1.165, 1.54) is 4.31 Å². The number of aryl methyl sites for hydroxylation is 1. The Kier molecular flexibility index (Phi) is 6.92. The minimum atomic E-state index is -3.48. The first-order valence-electron chi connectivity index (χ1n) is 10.0. The Morgan fingerprint density at radius 2 is 1.72 bits per heavy atom. The molecule has 2 aromatic carbocycles. The Hall–Kier alpha value is -2.38. The van der Waals surface area contributed by atoms with Crippen LogP contribution in [0.25, 0.3) is 0 Å². The first-order chi connectivity index (χ1) is 13.9. The summed E-state index contributed by atoms with van der Waals surface area (Å²) in [5.74, 6) is 0.417. The fourth-order valence-corrected chi connectivity index (χ4v) is 4.87. The summed E-state index contributed by atoms with van der Waals surface area (Å²) in [6.45, 7) is 4.95. The number of rotatable bonds is 7. The first-order valence-corrected chi connectivity index (χ1v) is 11.5.